The monoisotopic (exact) mass is 187 g/mol. The van der Waals surface area contributed by atoms with E-state index in [1.54, 1.807) is 0 Å². The minimum Gasteiger partial charge on any atom is -0.264 e. The Bertz CT molecular complexity index is 94.9. The van der Waals surface area contributed by atoms with E-state index in [-0.39, 0.29) is 34.1 Å². The summed E-state index contributed by atoms with van der Waals surface area (Å²) in [4.78, 5) is 0. The molecule has 47 valence electrons. The van der Waals surface area contributed by atoms with Crippen molar-refractivity contribution in [3.63, 3.8) is 0 Å². The summed E-state index contributed by atoms with van der Waals surface area (Å²) in [6, 6.07) is 0. The first kappa shape index (κ1) is 15.7. The van der Waals surface area contributed by atoms with Crippen molar-refractivity contribution < 1.29 is 34.3 Å². The van der Waals surface area contributed by atoms with E-state index in [1.165, 1.54) is 0 Å². The molecule has 0 unspecified atom stereocenters. The first-order chi connectivity index (χ1) is 2.00. The Labute approximate surface area is 62.2 Å². The van der Waals surface area contributed by atoms with Gasteiger partial charge >= 0.3 is 10.4 Å². The molecule has 7 heavy (non-hydrogen) atoms. The average Bonchev–Trinajstić information content (AvgIpc) is 0.722. The number of hydrogen-bond acceptors (Lipinski definition) is 2. The maximum Gasteiger partial charge on any atom is 0.394 e. The molecule has 0 spiro atoms. The Kier molecular flexibility index (Phi) is 11.3. The van der Waals surface area contributed by atoms with Gasteiger partial charge in [0.1, 0.15) is 0 Å². The fourth-order valence-electron chi connectivity index (χ4n) is 0. The van der Waals surface area contributed by atoms with Gasteiger partial charge in [-0.1, -0.05) is 0 Å². The van der Waals surface area contributed by atoms with Gasteiger partial charge in [0.15, 0.2) is 17.4 Å². The fraction of sp³-hybridized carbons (Fsp3) is 0. The summed E-state index contributed by atoms with van der Waals surface area (Å²) < 4.78 is 31.6. The zero-order valence-corrected chi connectivity index (χ0v) is 4.31. The molecule has 0 aliphatic heterocycles. The van der Waals surface area contributed by atoms with E-state index in [2.05, 4.69) is 0 Å². The molecule has 0 aromatic heterocycles. The summed E-state index contributed by atoms with van der Waals surface area (Å²) >= 11 is 0. The second-order valence-corrected chi connectivity index (χ2v) is 1.34. The Morgan fingerprint density at radius 3 is 1.14 bits per heavy atom. The number of rotatable bonds is 0. The first-order valence-electron chi connectivity index (χ1n) is 0.698. The molecular formula is H5AlCoO4S. The second kappa shape index (κ2) is 5.05. The molecule has 4 nitrogen and oxygen atoms in total. The average molecular weight is 187 g/mol. The summed E-state index contributed by atoms with van der Waals surface area (Å²) in [5.41, 5.74) is 0. The number of hydrogen-bond donors (Lipinski definition) is 2. The van der Waals surface area contributed by atoms with Crippen molar-refractivity contribution in [2.45, 2.75) is 0 Å². The van der Waals surface area contributed by atoms with Gasteiger partial charge < -0.3 is 0 Å². The zero-order chi connectivity index (χ0) is 4.50. The molecule has 0 fully saturated rings. The van der Waals surface area contributed by atoms with Gasteiger partial charge in [0.25, 0.3) is 0 Å². The largest absolute Gasteiger partial charge is 0.394 e. The van der Waals surface area contributed by atoms with Crippen molar-refractivity contribution in [3.8, 4) is 0 Å². The predicted octanol–water partition coefficient (Wildman–Crippen LogP) is -1.84. The smallest absolute Gasteiger partial charge is 0.264 e. The molecule has 0 bridgehead atoms. The van der Waals surface area contributed by atoms with Crippen molar-refractivity contribution in [1.29, 1.82) is 0 Å². The van der Waals surface area contributed by atoms with Crippen LogP contribution in [-0.2, 0) is 27.2 Å². The Balaban J connectivity index is -0.0000000800. The van der Waals surface area contributed by atoms with Crippen LogP contribution < -0.4 is 0 Å². The summed E-state index contributed by atoms with van der Waals surface area (Å²) in [5.74, 6) is 0. The fourth-order valence-corrected chi connectivity index (χ4v) is 0. The summed E-state index contributed by atoms with van der Waals surface area (Å²) in [5, 5.41) is 0. The Hall–Kier alpha value is 0.909. The molecule has 1 radical (unpaired) electrons. The summed E-state index contributed by atoms with van der Waals surface area (Å²) in [7, 11) is -4.67. The van der Waals surface area contributed by atoms with Crippen LogP contribution in [0.5, 0.6) is 0 Å². The van der Waals surface area contributed by atoms with Crippen molar-refractivity contribution in [2.24, 2.45) is 0 Å². The normalized spacial score (nSPS) is 8.29. The van der Waals surface area contributed by atoms with Gasteiger partial charge in [-0.15, -0.1) is 0 Å². The van der Waals surface area contributed by atoms with Crippen LogP contribution in [0, 0.1) is 0 Å². The maximum atomic E-state index is 8.74. The molecule has 2 N–H and O–H groups in total. The SMILES string of the molecule is O=S(=O)(O)O.[AlH3].[Co]. The van der Waals surface area contributed by atoms with E-state index in [4.69, 9.17) is 17.5 Å². The van der Waals surface area contributed by atoms with Crippen LogP contribution >= 0.6 is 0 Å². The van der Waals surface area contributed by atoms with Gasteiger partial charge in [-0.3, -0.25) is 9.11 Å². The van der Waals surface area contributed by atoms with E-state index in [0.29, 0.717) is 0 Å². The third-order valence-corrected chi connectivity index (χ3v) is 0. The van der Waals surface area contributed by atoms with Crippen molar-refractivity contribution in [1.82, 2.24) is 0 Å². The van der Waals surface area contributed by atoms with Gasteiger partial charge in [0.05, 0.1) is 0 Å². The molecule has 0 aromatic rings. The summed E-state index contributed by atoms with van der Waals surface area (Å²) in [6.07, 6.45) is 0. The molecule has 0 heterocycles. The van der Waals surface area contributed by atoms with E-state index in [9.17, 15) is 0 Å². The molecular weight excluding hydrogens is 182 g/mol. The van der Waals surface area contributed by atoms with E-state index >= 15 is 0 Å². The van der Waals surface area contributed by atoms with E-state index in [1.807, 2.05) is 0 Å². The molecule has 0 aromatic carbocycles. The van der Waals surface area contributed by atoms with Gasteiger partial charge in [-0.25, -0.2) is 0 Å². The van der Waals surface area contributed by atoms with Gasteiger partial charge in [-0.2, -0.15) is 8.42 Å². The second-order valence-electron chi connectivity index (χ2n) is 0.448. The molecule has 0 aliphatic carbocycles. The van der Waals surface area contributed by atoms with Gasteiger partial charge in [0.2, 0.25) is 0 Å². The molecule has 0 saturated heterocycles. The third-order valence-electron chi connectivity index (χ3n) is 0. The van der Waals surface area contributed by atoms with Gasteiger partial charge in [-0.05, 0) is 0 Å². The maximum absolute atomic E-state index is 8.74. The predicted molar refractivity (Wildman–Crippen MR) is 24.1 cm³/mol. The van der Waals surface area contributed by atoms with E-state index < -0.39 is 10.4 Å². The van der Waals surface area contributed by atoms with Crippen LogP contribution in [0.1, 0.15) is 0 Å². The molecule has 0 saturated carbocycles. The van der Waals surface area contributed by atoms with Crippen molar-refractivity contribution >= 4 is 27.8 Å². The molecule has 7 heteroatoms. The van der Waals surface area contributed by atoms with Crippen LogP contribution in [0.3, 0.4) is 0 Å². The Morgan fingerprint density at radius 1 is 1.14 bits per heavy atom. The topological polar surface area (TPSA) is 74.6 Å². The molecule has 0 atom stereocenters. The standard InChI is InChI=1S/Al.Co.H2O4S.3H/c;;1-5(2,3)4;;;/h;;(H2,1,2,3,4);;;. The third kappa shape index (κ3) is 202. The zero-order valence-electron chi connectivity index (χ0n) is 2.45. The minimum absolute atomic E-state index is 0. The Morgan fingerprint density at radius 2 is 1.14 bits per heavy atom. The minimum atomic E-state index is -4.67. The van der Waals surface area contributed by atoms with Crippen LogP contribution in [-0.4, -0.2) is 34.9 Å². The van der Waals surface area contributed by atoms with Crippen LogP contribution in [0.15, 0.2) is 0 Å². The summed E-state index contributed by atoms with van der Waals surface area (Å²) in [6.45, 7) is 0. The first-order valence-corrected chi connectivity index (χ1v) is 2.10. The van der Waals surface area contributed by atoms with E-state index in [0.717, 1.165) is 0 Å². The molecule has 0 rings (SSSR count). The van der Waals surface area contributed by atoms with Crippen molar-refractivity contribution in [2.75, 3.05) is 0 Å². The van der Waals surface area contributed by atoms with Crippen LogP contribution in [0.25, 0.3) is 0 Å². The van der Waals surface area contributed by atoms with Crippen LogP contribution in [0.2, 0.25) is 0 Å². The quantitative estimate of drug-likeness (QED) is 0.345. The van der Waals surface area contributed by atoms with Crippen molar-refractivity contribution in [3.05, 3.63) is 0 Å². The molecule has 0 aliphatic rings. The van der Waals surface area contributed by atoms with Crippen LogP contribution in [0.4, 0.5) is 0 Å². The molecule has 0 amide bonds. The van der Waals surface area contributed by atoms with Gasteiger partial charge in [0, 0.05) is 16.8 Å².